The van der Waals surface area contributed by atoms with Gasteiger partial charge in [0, 0.05) is 32.8 Å². The van der Waals surface area contributed by atoms with Gasteiger partial charge in [-0.25, -0.2) is 13.2 Å². The molecule has 7 nitrogen and oxygen atoms in total. The van der Waals surface area contributed by atoms with Crippen LogP contribution in [0.2, 0.25) is 0 Å². The van der Waals surface area contributed by atoms with Crippen molar-refractivity contribution >= 4 is 28.2 Å². The van der Waals surface area contributed by atoms with Crippen molar-refractivity contribution in [1.82, 2.24) is 3.97 Å². The van der Waals surface area contributed by atoms with E-state index in [1.807, 2.05) is 0 Å². The zero-order chi connectivity index (χ0) is 31.1. The van der Waals surface area contributed by atoms with Gasteiger partial charge in [0.1, 0.15) is 22.9 Å². The Labute approximate surface area is 252 Å². The van der Waals surface area contributed by atoms with Gasteiger partial charge >= 0.3 is 0 Å². The number of fused-ring (bicyclic) bond motifs is 1. The van der Waals surface area contributed by atoms with Gasteiger partial charge in [0.15, 0.2) is 4.90 Å². The van der Waals surface area contributed by atoms with Crippen LogP contribution in [0.25, 0.3) is 33.3 Å². The van der Waals surface area contributed by atoms with Crippen LogP contribution in [0.3, 0.4) is 0 Å². The lowest BCUT2D eigenvalue weighted by Crippen LogP contribution is -2.14. The summed E-state index contributed by atoms with van der Waals surface area (Å²) in [7, 11) is 0. The first kappa shape index (κ1) is 28.9. The molecule has 44 heavy (non-hydrogen) atoms. The lowest BCUT2D eigenvalue weighted by molar-refractivity contribution is -0.119. The van der Waals surface area contributed by atoms with Crippen LogP contribution >= 0.6 is 0 Å². The summed E-state index contributed by atoms with van der Waals surface area (Å²) in [6.45, 7) is 0. The topological polar surface area (TPSA) is 122 Å². The van der Waals surface area contributed by atoms with Gasteiger partial charge in [0.05, 0.1) is 34.7 Å². The van der Waals surface area contributed by atoms with Crippen molar-refractivity contribution in [1.29, 1.82) is 10.5 Å². The van der Waals surface area contributed by atoms with Gasteiger partial charge in [0.2, 0.25) is 0 Å². The number of nitroso groups, excluding NO2 is 1. The summed E-state index contributed by atoms with van der Waals surface area (Å²) >= 11 is -2.08. The normalized spacial score (nSPS) is 16.3. The molecule has 0 N–H and O–H groups in total. The van der Waals surface area contributed by atoms with Gasteiger partial charge in [-0.15, -0.1) is 4.91 Å². The maximum atomic E-state index is 14.9. The number of carbonyl (C=O) groups excluding carboxylic acids is 1. The first-order valence-corrected chi connectivity index (χ1v) is 14.4. The van der Waals surface area contributed by atoms with Crippen LogP contribution in [-0.2, 0) is 16.2 Å². The Balaban J connectivity index is 1.68. The van der Waals surface area contributed by atoms with Crippen molar-refractivity contribution in [2.75, 3.05) is 0 Å². The highest BCUT2D eigenvalue weighted by Gasteiger charge is 2.45. The molecule has 11 heteroatoms. The molecule has 1 heterocycles. The summed E-state index contributed by atoms with van der Waals surface area (Å²) < 4.78 is 57.2. The van der Waals surface area contributed by atoms with E-state index >= 15 is 0 Å². The summed E-state index contributed by atoms with van der Waals surface area (Å²) in [4.78, 5) is 23.0. The molecule has 0 saturated heterocycles. The van der Waals surface area contributed by atoms with Crippen molar-refractivity contribution in [2.45, 2.75) is 23.7 Å². The third kappa shape index (κ3) is 4.92. The molecule has 1 aromatic heterocycles. The second-order valence-corrected chi connectivity index (χ2v) is 11.6. The third-order valence-corrected chi connectivity index (χ3v) is 9.11. The average molecular weight is 609 g/mol. The van der Waals surface area contributed by atoms with Gasteiger partial charge in [-0.2, -0.15) is 14.5 Å². The molecule has 1 aliphatic carbocycles. The molecule has 0 bridgehead atoms. The molecule has 1 aliphatic rings. The lowest BCUT2D eigenvalue weighted by Gasteiger charge is -2.17. The number of carbonyl (C=O) groups is 1. The van der Waals surface area contributed by atoms with E-state index in [9.17, 15) is 37.9 Å². The van der Waals surface area contributed by atoms with E-state index in [1.165, 1.54) is 58.6 Å². The first-order chi connectivity index (χ1) is 21.3. The molecular weight excluding hydrogens is 589 g/mol. The number of nitrogens with zero attached hydrogens (tertiary/aromatic N) is 4. The predicted octanol–water partition coefficient (Wildman–Crippen LogP) is 7.76. The highest BCUT2D eigenvalue weighted by Crippen LogP contribution is 2.50. The fourth-order valence-electron chi connectivity index (χ4n) is 5.59. The standard InChI is InChI=1S/C33H19F3N4O3S/c34-23-9-12-28-27(14-23)30(29-21(16-37)5-2-6-22(29)17-38)31(40(28)44(43)24-10-7-18(8-11-24)32(35)36)20-4-1-3-19(13-20)25-15-26(25)33(41)39-42/h1-14,25-26,32H,15H2. The Bertz CT molecular complexity index is 2010. The van der Waals surface area contributed by atoms with Crippen molar-refractivity contribution in [3.8, 4) is 34.5 Å². The molecule has 0 spiro atoms. The molecular formula is C33H19F3N4O3S. The molecule has 6 rings (SSSR count). The number of hydrogen-bond donors (Lipinski definition) is 0. The monoisotopic (exact) mass is 608 g/mol. The number of alkyl halides is 2. The summed E-state index contributed by atoms with van der Waals surface area (Å²) in [6, 6.07) is 24.6. The highest BCUT2D eigenvalue weighted by atomic mass is 32.2. The van der Waals surface area contributed by atoms with Gasteiger partial charge in [-0.1, -0.05) is 24.3 Å². The molecule has 1 fully saturated rings. The van der Waals surface area contributed by atoms with Gasteiger partial charge < -0.3 is 4.55 Å². The summed E-state index contributed by atoms with van der Waals surface area (Å²) in [5.41, 5.74) is 2.25. The van der Waals surface area contributed by atoms with Crippen molar-refractivity contribution < 1.29 is 22.5 Å². The second kappa shape index (κ2) is 11.5. The zero-order valence-corrected chi connectivity index (χ0v) is 23.4. The maximum Gasteiger partial charge on any atom is 0.290 e. The van der Waals surface area contributed by atoms with E-state index in [-0.39, 0.29) is 49.7 Å². The molecule has 3 atom stereocenters. The van der Waals surface area contributed by atoms with E-state index in [1.54, 1.807) is 30.3 Å². The van der Waals surface area contributed by atoms with Gasteiger partial charge in [-0.3, -0.25) is 4.79 Å². The SMILES string of the molecule is N#Cc1cccc(C#N)c1-c1c(-c2cccc(C3CC3C(=O)N=O)c2)n([S+]([O-])c2ccc(C(F)F)cc2)c2ccc(F)cc12. The molecule has 3 unspecified atom stereocenters. The smallest absolute Gasteiger partial charge is 0.290 e. The minimum absolute atomic E-state index is 0.127. The minimum atomic E-state index is -2.72. The van der Waals surface area contributed by atoms with Crippen LogP contribution in [-0.4, -0.2) is 14.4 Å². The lowest BCUT2D eigenvalue weighted by atomic mass is 9.90. The average Bonchev–Trinajstić information content (AvgIpc) is 3.79. The number of amides is 1. The Morgan fingerprint density at radius 1 is 0.955 bits per heavy atom. The molecule has 1 saturated carbocycles. The van der Waals surface area contributed by atoms with E-state index in [0.29, 0.717) is 23.1 Å². The van der Waals surface area contributed by atoms with Gasteiger partial charge in [-0.05, 0) is 78.6 Å². The zero-order valence-electron chi connectivity index (χ0n) is 22.6. The fraction of sp³-hybridized carbons (Fsp3) is 0.121. The number of nitriles is 2. The highest BCUT2D eigenvalue weighted by molar-refractivity contribution is 7.90. The number of benzene rings is 4. The maximum absolute atomic E-state index is 14.9. The van der Waals surface area contributed by atoms with E-state index < -0.39 is 35.4 Å². The Morgan fingerprint density at radius 2 is 1.64 bits per heavy atom. The van der Waals surface area contributed by atoms with Crippen molar-refractivity contribution in [3.05, 3.63) is 118 Å². The van der Waals surface area contributed by atoms with Crippen molar-refractivity contribution in [3.63, 3.8) is 0 Å². The summed E-state index contributed by atoms with van der Waals surface area (Å²) in [5, 5.41) is 22.9. The largest absolute Gasteiger partial charge is 0.587 e. The Hall–Kier alpha value is -5.23. The van der Waals surface area contributed by atoms with Crippen LogP contribution in [0.5, 0.6) is 0 Å². The van der Waals surface area contributed by atoms with Gasteiger partial charge in [0.25, 0.3) is 12.3 Å². The predicted molar refractivity (Wildman–Crippen MR) is 157 cm³/mol. The summed E-state index contributed by atoms with van der Waals surface area (Å²) in [5.74, 6) is -2.20. The van der Waals surface area contributed by atoms with E-state index in [4.69, 9.17) is 0 Å². The van der Waals surface area contributed by atoms with E-state index in [2.05, 4.69) is 17.3 Å². The van der Waals surface area contributed by atoms with Crippen LogP contribution < -0.4 is 0 Å². The molecule has 1 amide bonds. The number of aromatic nitrogens is 1. The number of hydrogen-bond acceptors (Lipinski definition) is 5. The number of rotatable bonds is 7. The van der Waals surface area contributed by atoms with E-state index in [0.717, 1.165) is 0 Å². The fourth-order valence-corrected chi connectivity index (χ4v) is 6.87. The second-order valence-electron chi connectivity index (χ2n) is 10.3. The Kier molecular flexibility index (Phi) is 7.52. The first-order valence-electron chi connectivity index (χ1n) is 13.3. The third-order valence-electron chi connectivity index (χ3n) is 7.73. The van der Waals surface area contributed by atoms with Crippen LogP contribution in [0, 0.1) is 39.3 Å². The van der Waals surface area contributed by atoms with Crippen LogP contribution in [0.4, 0.5) is 13.2 Å². The number of halogens is 3. The molecule has 0 radical (unpaired) electrons. The quantitative estimate of drug-likeness (QED) is 0.138. The van der Waals surface area contributed by atoms with Crippen molar-refractivity contribution in [2.24, 2.45) is 11.1 Å². The summed E-state index contributed by atoms with van der Waals surface area (Å²) in [6.07, 6.45) is -2.30. The van der Waals surface area contributed by atoms with Crippen LogP contribution in [0.15, 0.2) is 95.0 Å². The van der Waals surface area contributed by atoms with Crippen LogP contribution in [0.1, 0.15) is 41.0 Å². The molecule has 216 valence electrons. The molecule has 5 aromatic rings. The molecule has 0 aliphatic heterocycles. The molecule has 4 aromatic carbocycles. The Morgan fingerprint density at radius 3 is 2.27 bits per heavy atom. The minimum Gasteiger partial charge on any atom is -0.587 e.